The van der Waals surface area contributed by atoms with Gasteiger partial charge in [-0.05, 0) is 38.3 Å². The molecule has 0 atom stereocenters. The van der Waals surface area contributed by atoms with Crippen molar-refractivity contribution in [2.45, 2.75) is 46.0 Å². The minimum Gasteiger partial charge on any atom is -0.507 e. The maximum absolute atomic E-state index is 11.3. The average molecular weight is 321 g/mol. The Bertz CT molecular complexity index is 502. The lowest BCUT2D eigenvalue weighted by molar-refractivity contribution is -0.143. The van der Waals surface area contributed by atoms with Crippen molar-refractivity contribution < 1.29 is 19.4 Å². The fourth-order valence-electron chi connectivity index (χ4n) is 2.45. The van der Waals surface area contributed by atoms with Crippen LogP contribution in [0.5, 0.6) is 5.75 Å². The number of phenolic OH excluding ortho intramolecular Hbond substituents is 1. The van der Waals surface area contributed by atoms with Gasteiger partial charge in [0.15, 0.2) is 6.29 Å². The predicted octanol–water partition coefficient (Wildman–Crippen LogP) is 3.54. The molecule has 0 aliphatic rings. The summed E-state index contributed by atoms with van der Waals surface area (Å²) in [6.07, 6.45) is 4.87. The Hall–Kier alpha value is -2.04. The van der Waals surface area contributed by atoms with Crippen LogP contribution in [-0.4, -0.2) is 37.1 Å². The molecule has 0 aliphatic heterocycles. The molecule has 5 heteroatoms. The van der Waals surface area contributed by atoms with Gasteiger partial charge in [0.05, 0.1) is 12.2 Å². The summed E-state index contributed by atoms with van der Waals surface area (Å²) in [5.74, 6) is -0.117. The molecule has 0 saturated carbocycles. The summed E-state index contributed by atoms with van der Waals surface area (Å²) in [5, 5.41) is 9.82. The SMILES string of the molecule is CCCN(CCCCCC(=O)OCC)c1ccc(C=O)c(O)c1. The molecule has 0 heterocycles. The first-order valence-corrected chi connectivity index (χ1v) is 8.31. The van der Waals surface area contributed by atoms with E-state index >= 15 is 0 Å². The third kappa shape index (κ3) is 6.72. The van der Waals surface area contributed by atoms with Crippen LogP contribution >= 0.6 is 0 Å². The van der Waals surface area contributed by atoms with Gasteiger partial charge in [-0.15, -0.1) is 0 Å². The quantitative estimate of drug-likeness (QED) is 0.383. The highest BCUT2D eigenvalue weighted by atomic mass is 16.5. The second kappa shape index (κ2) is 10.6. The van der Waals surface area contributed by atoms with E-state index in [9.17, 15) is 14.7 Å². The number of anilines is 1. The maximum Gasteiger partial charge on any atom is 0.305 e. The number of benzene rings is 1. The molecule has 0 saturated heterocycles. The smallest absolute Gasteiger partial charge is 0.305 e. The van der Waals surface area contributed by atoms with Gasteiger partial charge in [-0.1, -0.05) is 13.3 Å². The first-order valence-electron chi connectivity index (χ1n) is 8.31. The zero-order chi connectivity index (χ0) is 17.1. The number of nitrogens with zero attached hydrogens (tertiary/aromatic N) is 1. The van der Waals surface area contributed by atoms with Crippen LogP contribution in [0.15, 0.2) is 18.2 Å². The lowest BCUT2D eigenvalue weighted by atomic mass is 10.1. The van der Waals surface area contributed by atoms with E-state index < -0.39 is 0 Å². The Morgan fingerprint density at radius 2 is 2.00 bits per heavy atom. The first kappa shape index (κ1) is 19.0. The summed E-state index contributed by atoms with van der Waals surface area (Å²) < 4.78 is 4.91. The molecule has 5 nitrogen and oxygen atoms in total. The van der Waals surface area contributed by atoms with E-state index in [0.717, 1.165) is 44.5 Å². The van der Waals surface area contributed by atoms with Crippen LogP contribution in [0.2, 0.25) is 0 Å². The van der Waals surface area contributed by atoms with E-state index in [1.54, 1.807) is 12.1 Å². The summed E-state index contributed by atoms with van der Waals surface area (Å²) in [5.41, 5.74) is 1.22. The Labute approximate surface area is 138 Å². The number of ether oxygens (including phenoxy) is 1. The molecule has 1 aromatic carbocycles. The summed E-state index contributed by atoms with van der Waals surface area (Å²) in [7, 11) is 0. The van der Waals surface area contributed by atoms with Gasteiger partial charge in [0, 0.05) is 31.3 Å². The van der Waals surface area contributed by atoms with E-state index in [-0.39, 0.29) is 11.7 Å². The molecule has 0 radical (unpaired) electrons. The lowest BCUT2D eigenvalue weighted by Crippen LogP contribution is -2.25. The van der Waals surface area contributed by atoms with Crippen LogP contribution < -0.4 is 4.90 Å². The highest BCUT2D eigenvalue weighted by molar-refractivity contribution is 5.80. The normalized spacial score (nSPS) is 10.3. The topological polar surface area (TPSA) is 66.8 Å². The van der Waals surface area contributed by atoms with Crippen LogP contribution in [0.4, 0.5) is 5.69 Å². The number of aldehydes is 1. The van der Waals surface area contributed by atoms with Crippen molar-refractivity contribution in [2.75, 3.05) is 24.6 Å². The van der Waals surface area contributed by atoms with Crippen molar-refractivity contribution in [1.29, 1.82) is 0 Å². The highest BCUT2D eigenvalue weighted by Crippen LogP contribution is 2.24. The fraction of sp³-hybridized carbons (Fsp3) is 0.556. The maximum atomic E-state index is 11.3. The lowest BCUT2D eigenvalue weighted by Gasteiger charge is -2.24. The Morgan fingerprint density at radius 1 is 1.22 bits per heavy atom. The number of carbonyl (C=O) groups excluding carboxylic acids is 2. The molecule has 0 unspecified atom stereocenters. The molecule has 0 bridgehead atoms. The number of unbranched alkanes of at least 4 members (excludes halogenated alkanes) is 2. The number of rotatable bonds is 11. The second-order valence-corrected chi connectivity index (χ2v) is 5.46. The van der Waals surface area contributed by atoms with Crippen LogP contribution in [0, 0.1) is 0 Å². The number of phenols is 1. The van der Waals surface area contributed by atoms with Crippen LogP contribution in [0.25, 0.3) is 0 Å². The third-order valence-corrected chi connectivity index (χ3v) is 3.61. The van der Waals surface area contributed by atoms with Gasteiger partial charge in [-0.25, -0.2) is 0 Å². The molecular weight excluding hydrogens is 294 g/mol. The third-order valence-electron chi connectivity index (χ3n) is 3.61. The van der Waals surface area contributed by atoms with E-state index in [1.807, 2.05) is 13.0 Å². The van der Waals surface area contributed by atoms with Gasteiger partial charge in [0.1, 0.15) is 5.75 Å². The van der Waals surface area contributed by atoms with E-state index in [4.69, 9.17) is 4.74 Å². The minimum atomic E-state index is -0.132. The van der Waals surface area contributed by atoms with Crippen molar-refractivity contribution >= 4 is 17.9 Å². The summed E-state index contributed by atoms with van der Waals surface area (Å²) in [6.45, 7) is 6.09. The predicted molar refractivity (Wildman–Crippen MR) is 91.1 cm³/mol. The number of esters is 1. The van der Waals surface area contributed by atoms with E-state index in [1.165, 1.54) is 0 Å². The van der Waals surface area contributed by atoms with Gasteiger partial charge in [-0.2, -0.15) is 0 Å². The largest absolute Gasteiger partial charge is 0.507 e. The van der Waals surface area contributed by atoms with Crippen molar-refractivity contribution in [3.63, 3.8) is 0 Å². The molecule has 1 aromatic rings. The minimum absolute atomic E-state index is 0.0147. The van der Waals surface area contributed by atoms with Crippen molar-refractivity contribution in [2.24, 2.45) is 0 Å². The number of carbonyl (C=O) groups is 2. The van der Waals surface area contributed by atoms with Crippen LogP contribution in [0.3, 0.4) is 0 Å². The molecule has 0 aromatic heterocycles. The van der Waals surface area contributed by atoms with Gasteiger partial charge in [-0.3, -0.25) is 9.59 Å². The molecular formula is C18H27NO4. The van der Waals surface area contributed by atoms with Gasteiger partial charge < -0.3 is 14.7 Å². The summed E-state index contributed by atoms with van der Waals surface area (Å²) in [6, 6.07) is 5.14. The first-order chi connectivity index (χ1) is 11.1. The van der Waals surface area contributed by atoms with Crippen molar-refractivity contribution in [1.82, 2.24) is 0 Å². The fourth-order valence-corrected chi connectivity index (χ4v) is 2.45. The molecule has 128 valence electrons. The monoisotopic (exact) mass is 321 g/mol. The average Bonchev–Trinajstić information content (AvgIpc) is 2.53. The Balaban J connectivity index is 2.47. The standard InChI is InChI=1S/C18H27NO4/c1-3-11-19(12-7-5-6-8-18(22)23-4-2)16-10-9-15(14-20)17(21)13-16/h9-10,13-14,21H,3-8,11-12H2,1-2H3. The highest BCUT2D eigenvalue weighted by Gasteiger charge is 2.09. The van der Waals surface area contributed by atoms with E-state index in [0.29, 0.717) is 24.9 Å². The van der Waals surface area contributed by atoms with Crippen LogP contribution in [-0.2, 0) is 9.53 Å². The summed E-state index contributed by atoms with van der Waals surface area (Å²) in [4.78, 5) is 24.2. The zero-order valence-electron chi connectivity index (χ0n) is 14.1. The zero-order valence-corrected chi connectivity index (χ0v) is 14.1. The second-order valence-electron chi connectivity index (χ2n) is 5.46. The molecule has 0 aliphatic carbocycles. The van der Waals surface area contributed by atoms with Gasteiger partial charge >= 0.3 is 5.97 Å². The molecule has 1 rings (SSSR count). The Morgan fingerprint density at radius 3 is 2.61 bits per heavy atom. The molecule has 23 heavy (non-hydrogen) atoms. The van der Waals surface area contributed by atoms with Crippen LogP contribution in [0.1, 0.15) is 56.3 Å². The molecule has 0 amide bonds. The molecule has 1 N–H and O–H groups in total. The molecule has 0 spiro atoms. The van der Waals surface area contributed by atoms with Gasteiger partial charge in [0.25, 0.3) is 0 Å². The number of hydrogen-bond acceptors (Lipinski definition) is 5. The summed E-state index contributed by atoms with van der Waals surface area (Å²) >= 11 is 0. The van der Waals surface area contributed by atoms with Crippen molar-refractivity contribution in [3.05, 3.63) is 23.8 Å². The Kier molecular flexibility index (Phi) is 8.80. The van der Waals surface area contributed by atoms with Gasteiger partial charge in [0.2, 0.25) is 0 Å². The number of aromatic hydroxyl groups is 1. The molecule has 0 fully saturated rings. The number of hydrogen-bond donors (Lipinski definition) is 1. The van der Waals surface area contributed by atoms with E-state index in [2.05, 4.69) is 11.8 Å². The van der Waals surface area contributed by atoms with Crippen molar-refractivity contribution in [3.8, 4) is 5.75 Å².